The Morgan fingerprint density at radius 3 is 2.57 bits per heavy atom. The Bertz CT molecular complexity index is 1120. The van der Waals surface area contributed by atoms with Crippen molar-refractivity contribution < 1.29 is 0 Å². The molecule has 0 unspecified atom stereocenters. The summed E-state index contributed by atoms with van der Waals surface area (Å²) < 4.78 is 0. The number of halogens is 1. The molecule has 0 spiro atoms. The van der Waals surface area contributed by atoms with Crippen molar-refractivity contribution in [2.45, 2.75) is 30.0 Å². The molecule has 0 saturated carbocycles. The molecule has 3 aromatic rings. The first-order chi connectivity index (χ1) is 14.7. The third kappa shape index (κ3) is 4.44. The van der Waals surface area contributed by atoms with Crippen LogP contribution < -0.4 is 4.90 Å². The van der Waals surface area contributed by atoms with Crippen molar-refractivity contribution in [1.82, 2.24) is 9.97 Å². The molecule has 8 heteroatoms. The van der Waals surface area contributed by atoms with Crippen LogP contribution in [0.15, 0.2) is 40.9 Å². The molecule has 5 nitrogen and oxygen atoms in total. The number of pyridine rings is 1. The first kappa shape index (κ1) is 20.7. The highest BCUT2D eigenvalue weighted by atomic mass is 35.5. The van der Waals surface area contributed by atoms with Crippen LogP contribution in [0.4, 0.5) is 5.69 Å². The molecule has 0 amide bonds. The van der Waals surface area contributed by atoms with E-state index in [1.54, 1.807) is 17.5 Å². The maximum absolute atomic E-state index is 9.86. The Balaban J connectivity index is 1.56. The summed E-state index contributed by atoms with van der Waals surface area (Å²) in [5.74, 6) is 0.608. The van der Waals surface area contributed by atoms with Gasteiger partial charge in [0.2, 0.25) is 0 Å². The number of rotatable bonds is 5. The third-order valence-corrected chi connectivity index (χ3v) is 7.14. The zero-order chi connectivity index (χ0) is 20.9. The number of benzene rings is 1. The van der Waals surface area contributed by atoms with Crippen molar-refractivity contribution in [1.29, 1.82) is 10.5 Å². The average Bonchev–Trinajstić information content (AvgIpc) is 3.27. The molecule has 1 saturated heterocycles. The molecule has 0 radical (unpaired) electrons. The first-order valence-corrected chi connectivity index (χ1v) is 11.8. The van der Waals surface area contributed by atoms with Gasteiger partial charge in [0.05, 0.1) is 16.9 Å². The molecular weight excluding hydrogens is 434 g/mol. The number of nitrogens with zero attached hydrogens (tertiary/aromatic N) is 5. The van der Waals surface area contributed by atoms with Crippen LogP contribution in [-0.2, 0) is 5.75 Å². The van der Waals surface area contributed by atoms with Crippen molar-refractivity contribution in [2.24, 2.45) is 0 Å². The maximum atomic E-state index is 9.86. The van der Waals surface area contributed by atoms with E-state index in [1.165, 1.54) is 18.2 Å². The lowest BCUT2D eigenvalue weighted by Gasteiger charge is -2.30. The second kappa shape index (κ2) is 9.49. The second-order valence-corrected chi connectivity index (χ2v) is 9.17. The predicted octanol–water partition coefficient (Wildman–Crippen LogP) is 5.88. The Hall–Kier alpha value is -2.58. The summed E-state index contributed by atoms with van der Waals surface area (Å²) in [6.07, 6.45) is 4.93. The minimum absolute atomic E-state index is 0.469. The zero-order valence-corrected chi connectivity index (χ0v) is 18.5. The smallest absolute Gasteiger partial charge is 0.123 e. The highest BCUT2D eigenvalue weighted by Gasteiger charge is 2.22. The lowest BCUT2D eigenvalue weighted by atomic mass is 10.1. The van der Waals surface area contributed by atoms with Gasteiger partial charge in [-0.25, -0.2) is 9.97 Å². The summed E-state index contributed by atoms with van der Waals surface area (Å²) in [6.45, 7) is 1.74. The first-order valence-electron chi connectivity index (χ1n) is 9.61. The van der Waals surface area contributed by atoms with Crippen molar-refractivity contribution in [3.63, 3.8) is 0 Å². The number of thioether (sulfide) groups is 1. The van der Waals surface area contributed by atoms with Crippen LogP contribution in [0, 0.1) is 22.7 Å². The lowest BCUT2D eigenvalue weighted by molar-refractivity contribution is 0.576. The molecule has 1 aliphatic heterocycles. The van der Waals surface area contributed by atoms with Crippen molar-refractivity contribution >= 4 is 40.4 Å². The van der Waals surface area contributed by atoms with Crippen LogP contribution in [0.1, 0.15) is 36.1 Å². The molecule has 1 aliphatic rings. The van der Waals surface area contributed by atoms with Gasteiger partial charge in [-0.2, -0.15) is 10.5 Å². The Morgan fingerprint density at radius 1 is 1.10 bits per heavy atom. The Labute approximate surface area is 189 Å². The Kier molecular flexibility index (Phi) is 6.54. The van der Waals surface area contributed by atoms with E-state index in [0.29, 0.717) is 26.9 Å². The van der Waals surface area contributed by atoms with Crippen LogP contribution in [-0.4, -0.2) is 23.1 Å². The number of aromatic nitrogens is 2. The molecule has 2 aromatic heterocycles. The van der Waals surface area contributed by atoms with Crippen LogP contribution >= 0.6 is 34.7 Å². The summed E-state index contributed by atoms with van der Waals surface area (Å²) >= 11 is 9.03. The average molecular weight is 452 g/mol. The molecule has 0 N–H and O–H groups in total. The highest BCUT2D eigenvalue weighted by Crippen LogP contribution is 2.35. The van der Waals surface area contributed by atoms with Gasteiger partial charge in [-0.05, 0) is 31.4 Å². The van der Waals surface area contributed by atoms with Gasteiger partial charge < -0.3 is 4.90 Å². The van der Waals surface area contributed by atoms with Crippen molar-refractivity contribution in [3.05, 3.63) is 57.7 Å². The number of anilines is 1. The normalized spacial score (nSPS) is 13.6. The molecule has 30 heavy (non-hydrogen) atoms. The molecule has 0 bridgehead atoms. The van der Waals surface area contributed by atoms with E-state index in [4.69, 9.17) is 16.6 Å². The van der Waals surface area contributed by atoms with Gasteiger partial charge in [0.15, 0.2) is 0 Å². The second-order valence-electron chi connectivity index (χ2n) is 6.91. The van der Waals surface area contributed by atoms with E-state index in [-0.39, 0.29) is 0 Å². The summed E-state index contributed by atoms with van der Waals surface area (Å²) in [6, 6.07) is 12.1. The quantitative estimate of drug-likeness (QED) is 0.450. The molecule has 1 aromatic carbocycles. The molecule has 3 heterocycles. The summed E-state index contributed by atoms with van der Waals surface area (Å²) in [5, 5.41) is 23.7. The fourth-order valence-corrected chi connectivity index (χ4v) is 5.37. The van der Waals surface area contributed by atoms with E-state index >= 15 is 0 Å². The molecule has 4 rings (SSSR count). The summed E-state index contributed by atoms with van der Waals surface area (Å²) in [5.41, 5.74) is 3.66. The molecule has 0 aliphatic carbocycles. The fraction of sp³-hybridized carbons (Fsp3) is 0.273. The number of nitriles is 2. The van der Waals surface area contributed by atoms with Gasteiger partial charge in [0, 0.05) is 41.0 Å². The van der Waals surface area contributed by atoms with Gasteiger partial charge in [-0.1, -0.05) is 35.5 Å². The van der Waals surface area contributed by atoms with Gasteiger partial charge in [-0.15, -0.1) is 11.3 Å². The molecule has 150 valence electrons. The monoisotopic (exact) mass is 451 g/mol. The minimum Gasteiger partial charge on any atom is -0.369 e. The van der Waals surface area contributed by atoms with E-state index in [9.17, 15) is 10.5 Å². The van der Waals surface area contributed by atoms with Crippen LogP contribution in [0.5, 0.6) is 0 Å². The third-order valence-electron chi connectivity index (χ3n) is 4.92. The van der Waals surface area contributed by atoms with E-state index in [1.807, 2.05) is 29.6 Å². The summed E-state index contributed by atoms with van der Waals surface area (Å²) in [7, 11) is 0. The van der Waals surface area contributed by atoms with Crippen molar-refractivity contribution in [2.75, 3.05) is 18.0 Å². The topological polar surface area (TPSA) is 76.6 Å². The van der Waals surface area contributed by atoms with Gasteiger partial charge >= 0.3 is 0 Å². The lowest BCUT2D eigenvalue weighted by Crippen LogP contribution is -2.31. The zero-order valence-electron chi connectivity index (χ0n) is 16.1. The summed E-state index contributed by atoms with van der Waals surface area (Å²) in [4.78, 5) is 11.3. The Morgan fingerprint density at radius 2 is 1.87 bits per heavy atom. The van der Waals surface area contributed by atoms with E-state index in [0.717, 1.165) is 47.9 Å². The highest BCUT2D eigenvalue weighted by molar-refractivity contribution is 7.98. The van der Waals surface area contributed by atoms with E-state index in [2.05, 4.69) is 22.0 Å². The number of hydrogen-bond acceptors (Lipinski definition) is 7. The number of hydrogen-bond donors (Lipinski definition) is 0. The van der Waals surface area contributed by atoms with E-state index < -0.39 is 0 Å². The predicted molar refractivity (Wildman–Crippen MR) is 122 cm³/mol. The van der Waals surface area contributed by atoms with Crippen LogP contribution in [0.2, 0.25) is 5.02 Å². The van der Waals surface area contributed by atoms with Gasteiger partial charge in [0.25, 0.3) is 0 Å². The van der Waals surface area contributed by atoms with Crippen molar-refractivity contribution in [3.8, 4) is 22.7 Å². The standard InChI is InChI=1S/C22H18ClN5S2/c23-17-6-4-15(5-7-17)21-27-18(13-29-21)14-30-22-19(11-25)20(16(10-24)12-26-22)28-8-2-1-3-9-28/h4-7,12-13H,1-3,8-9,14H2. The maximum Gasteiger partial charge on any atom is 0.123 e. The van der Waals surface area contributed by atoms with Crippen LogP contribution in [0.25, 0.3) is 10.6 Å². The van der Waals surface area contributed by atoms with Crippen LogP contribution in [0.3, 0.4) is 0 Å². The largest absolute Gasteiger partial charge is 0.369 e. The SMILES string of the molecule is N#Cc1cnc(SCc2csc(-c3ccc(Cl)cc3)n2)c(C#N)c1N1CCCCC1. The molecular formula is C22H18ClN5S2. The fourth-order valence-electron chi connectivity index (χ4n) is 3.46. The molecule has 1 fully saturated rings. The minimum atomic E-state index is 0.469. The van der Waals surface area contributed by atoms with Gasteiger partial charge in [-0.3, -0.25) is 0 Å². The number of piperidine rings is 1. The molecule has 0 atom stereocenters. The van der Waals surface area contributed by atoms with Gasteiger partial charge in [0.1, 0.15) is 27.7 Å². The number of thiazole rings is 1.